The van der Waals surface area contributed by atoms with Crippen molar-refractivity contribution in [2.45, 2.75) is 25.9 Å². The molecule has 1 atom stereocenters. The van der Waals surface area contributed by atoms with Crippen LogP contribution in [0.4, 0.5) is 10.2 Å². The number of rotatable bonds is 10. The van der Waals surface area contributed by atoms with E-state index in [2.05, 4.69) is 25.0 Å². The van der Waals surface area contributed by atoms with Crippen LogP contribution in [0.5, 0.6) is 5.75 Å². The molecule has 1 unspecified atom stereocenters. The molecular weight excluding hydrogens is 531 g/mol. The van der Waals surface area contributed by atoms with Crippen molar-refractivity contribution in [1.82, 2.24) is 15.2 Å². The third-order valence-electron chi connectivity index (χ3n) is 4.03. The average Bonchev–Trinajstić information content (AvgIpc) is 3.22. The van der Waals surface area contributed by atoms with Gasteiger partial charge in [0, 0.05) is 29.4 Å². The number of hydrogen-bond acceptors (Lipinski definition) is 9. The van der Waals surface area contributed by atoms with Gasteiger partial charge in [0.1, 0.15) is 22.4 Å². The molecule has 0 aliphatic carbocycles. The van der Waals surface area contributed by atoms with Crippen molar-refractivity contribution in [2.75, 3.05) is 18.5 Å². The van der Waals surface area contributed by atoms with Crippen molar-refractivity contribution >= 4 is 49.0 Å². The maximum atomic E-state index is 14.6. The Morgan fingerprint density at radius 2 is 1.94 bits per heavy atom. The van der Waals surface area contributed by atoms with E-state index >= 15 is 0 Å². The summed E-state index contributed by atoms with van der Waals surface area (Å²) in [7, 11) is -4.65. The van der Waals surface area contributed by atoms with Gasteiger partial charge < -0.3 is 25.6 Å². The van der Waals surface area contributed by atoms with Gasteiger partial charge in [-0.25, -0.2) is 13.9 Å². The first-order valence-corrected chi connectivity index (χ1v) is 12.4. The molecule has 2 heterocycles. The second kappa shape index (κ2) is 12.2. The Morgan fingerprint density at radius 3 is 2.56 bits per heavy atom. The predicted molar refractivity (Wildman–Crippen MR) is 131 cm³/mol. The molecule has 3 rings (SSSR count). The van der Waals surface area contributed by atoms with E-state index < -0.39 is 26.3 Å². The first-order valence-electron chi connectivity index (χ1n) is 9.66. The number of nitrogens with zero attached hydrogens (tertiary/aromatic N) is 3. The third-order valence-corrected chi connectivity index (χ3v) is 5.84. The minimum absolute atomic E-state index is 0. The lowest BCUT2D eigenvalue weighted by Crippen LogP contribution is -2.32. The van der Waals surface area contributed by atoms with Gasteiger partial charge in [-0.1, -0.05) is 22.9 Å². The van der Waals surface area contributed by atoms with Gasteiger partial charge in [-0.15, -0.1) is 22.6 Å². The van der Waals surface area contributed by atoms with E-state index in [9.17, 15) is 8.96 Å². The fraction of sp³-hybridized carbons (Fsp3) is 0.316. The third kappa shape index (κ3) is 8.10. The van der Waals surface area contributed by atoms with Gasteiger partial charge in [0.2, 0.25) is 0 Å². The monoisotopic (exact) mass is 553 g/mol. The number of phosphoric ester groups is 1. The Bertz CT molecular complexity index is 1150. The second-order valence-electron chi connectivity index (χ2n) is 7.26. The maximum absolute atomic E-state index is 14.6. The molecule has 0 amide bonds. The van der Waals surface area contributed by atoms with Crippen LogP contribution in [-0.4, -0.2) is 50.3 Å². The first kappa shape index (κ1) is 28.3. The van der Waals surface area contributed by atoms with E-state index in [1.807, 2.05) is 26.0 Å². The number of phosphoric acid groups is 1. The van der Waals surface area contributed by atoms with E-state index in [0.717, 1.165) is 11.4 Å². The minimum atomic E-state index is -4.65. The van der Waals surface area contributed by atoms with Crippen LogP contribution in [0.1, 0.15) is 13.8 Å². The molecule has 2 aromatic heterocycles. The van der Waals surface area contributed by atoms with Crippen molar-refractivity contribution in [3.8, 4) is 26.9 Å². The number of pyridine rings is 1. The summed E-state index contributed by atoms with van der Waals surface area (Å²) in [4.78, 5) is 21.7. The zero-order chi connectivity index (χ0) is 24.2. The summed E-state index contributed by atoms with van der Waals surface area (Å²) >= 11 is 7.54. The van der Waals surface area contributed by atoms with Crippen LogP contribution in [0.2, 0.25) is 5.02 Å². The first-order chi connectivity index (χ1) is 15.5. The van der Waals surface area contributed by atoms with Crippen LogP contribution in [0.3, 0.4) is 0 Å². The lowest BCUT2D eigenvalue weighted by atomic mass is 10.2. The van der Waals surface area contributed by atoms with E-state index in [-0.39, 0.29) is 35.8 Å². The Kier molecular flexibility index (Phi) is 10.2. The van der Waals surface area contributed by atoms with Crippen LogP contribution in [0.25, 0.3) is 21.1 Å². The van der Waals surface area contributed by atoms with Crippen molar-refractivity contribution in [3.63, 3.8) is 0 Å². The Balaban J connectivity index is 0.00000408. The molecule has 10 nitrogen and oxygen atoms in total. The molecule has 15 heteroatoms. The number of halogens is 3. The highest BCUT2D eigenvalue weighted by molar-refractivity contribution is 7.46. The molecule has 186 valence electrons. The van der Waals surface area contributed by atoms with Crippen molar-refractivity contribution in [2.24, 2.45) is 5.73 Å². The van der Waals surface area contributed by atoms with Crippen LogP contribution in [-0.2, 0) is 9.09 Å². The number of nitrogens with one attached hydrogen (secondary N) is 1. The molecule has 0 aliphatic rings. The van der Waals surface area contributed by atoms with Crippen LogP contribution in [0, 0.1) is 5.82 Å². The highest BCUT2D eigenvalue weighted by Gasteiger charge is 2.19. The van der Waals surface area contributed by atoms with E-state index in [1.165, 1.54) is 23.5 Å². The normalized spacial score (nSPS) is 12.4. The Hall–Kier alpha value is -1.89. The quantitative estimate of drug-likeness (QED) is 0.269. The smallest absolute Gasteiger partial charge is 0.469 e. The standard InChI is InChI=1S/C19H22ClFN5O5PS.ClH/c1-10(2)24-17-4-3-11(7-23-17)18-25-26-19(33-18)13-5-15(21)16(6-14(13)20)30-8-12(22)9-31-32(27,28)29;/h3-7,10,12H,8-9,22H2,1-2H3,(H,23,24)(H2,27,28,29);1H. The average molecular weight is 554 g/mol. The van der Waals surface area contributed by atoms with Gasteiger partial charge >= 0.3 is 7.82 Å². The van der Waals surface area contributed by atoms with Gasteiger partial charge in [-0.05, 0) is 32.0 Å². The lowest BCUT2D eigenvalue weighted by molar-refractivity contribution is 0.164. The molecule has 3 aromatic rings. The second-order valence-corrected chi connectivity index (χ2v) is 9.89. The van der Waals surface area contributed by atoms with Gasteiger partial charge in [0.15, 0.2) is 11.6 Å². The van der Waals surface area contributed by atoms with E-state index in [4.69, 9.17) is 31.9 Å². The fourth-order valence-corrected chi connectivity index (χ4v) is 4.14. The minimum Gasteiger partial charge on any atom is -0.489 e. The lowest BCUT2D eigenvalue weighted by Gasteiger charge is -2.15. The molecule has 0 fully saturated rings. The summed E-state index contributed by atoms with van der Waals surface area (Å²) in [5.74, 6) is -0.134. The summed E-state index contributed by atoms with van der Waals surface area (Å²) in [6.45, 7) is 3.32. The Labute approximate surface area is 210 Å². The predicted octanol–water partition coefficient (Wildman–Crippen LogP) is 4.12. The Morgan fingerprint density at radius 1 is 1.24 bits per heavy atom. The summed E-state index contributed by atoms with van der Waals surface area (Å²) in [6.07, 6.45) is 1.67. The van der Waals surface area contributed by atoms with Crippen LogP contribution in [0.15, 0.2) is 30.5 Å². The molecule has 0 bridgehead atoms. The number of aromatic nitrogens is 3. The number of ether oxygens (including phenoxy) is 1. The molecule has 0 saturated carbocycles. The van der Waals surface area contributed by atoms with Gasteiger partial charge in [-0.2, -0.15) is 0 Å². The highest BCUT2D eigenvalue weighted by atomic mass is 35.5. The molecule has 0 radical (unpaired) electrons. The van der Waals surface area contributed by atoms with Crippen molar-refractivity contribution in [1.29, 1.82) is 0 Å². The maximum Gasteiger partial charge on any atom is 0.469 e. The highest BCUT2D eigenvalue weighted by Crippen LogP contribution is 2.37. The van der Waals surface area contributed by atoms with Gasteiger partial charge in [0.25, 0.3) is 0 Å². The number of nitrogens with two attached hydrogens (primary N) is 1. The summed E-state index contributed by atoms with van der Waals surface area (Å²) in [5.41, 5.74) is 6.75. The largest absolute Gasteiger partial charge is 0.489 e. The summed E-state index contributed by atoms with van der Waals surface area (Å²) in [6, 6.07) is 5.51. The summed E-state index contributed by atoms with van der Waals surface area (Å²) < 4.78 is 34.9. The van der Waals surface area contributed by atoms with Gasteiger partial charge in [0.05, 0.1) is 17.7 Å². The van der Waals surface area contributed by atoms with Crippen LogP contribution < -0.4 is 15.8 Å². The molecule has 34 heavy (non-hydrogen) atoms. The number of hydrogen-bond donors (Lipinski definition) is 4. The van der Waals surface area contributed by atoms with E-state index in [0.29, 0.717) is 15.6 Å². The van der Waals surface area contributed by atoms with Crippen molar-refractivity contribution in [3.05, 3.63) is 41.3 Å². The van der Waals surface area contributed by atoms with Crippen LogP contribution >= 0.6 is 43.2 Å². The molecule has 5 N–H and O–H groups in total. The summed E-state index contributed by atoms with van der Waals surface area (Å²) in [5, 5.41) is 12.7. The SMILES string of the molecule is CC(C)Nc1ccc(-c2nnc(-c3cc(F)c(OCC(N)COP(=O)(O)O)cc3Cl)s2)cn1.Cl. The van der Waals surface area contributed by atoms with Crippen molar-refractivity contribution < 1.29 is 28.0 Å². The molecule has 0 saturated heterocycles. The molecule has 1 aromatic carbocycles. The fourth-order valence-electron chi connectivity index (χ4n) is 2.59. The molecular formula is C19H23Cl2FN5O5PS. The molecule has 0 aliphatic heterocycles. The zero-order valence-corrected chi connectivity index (χ0v) is 21.3. The topological polar surface area (TPSA) is 153 Å². The zero-order valence-electron chi connectivity index (χ0n) is 18.0. The van der Waals surface area contributed by atoms with Gasteiger partial charge in [-0.3, -0.25) is 4.52 Å². The van der Waals surface area contributed by atoms with E-state index in [1.54, 1.807) is 6.20 Å². The molecule has 0 spiro atoms. The number of anilines is 1. The number of benzene rings is 1.